The predicted molar refractivity (Wildman–Crippen MR) is 219 cm³/mol. The number of ether oxygens (including phenoxy) is 2. The largest absolute Gasteiger partial charge is 0.394 e. The standard InChI is InChI=1S/C44H81NO10/c1-3-5-7-9-11-13-15-16-17-18-19-20-22-23-25-27-29-31-36(47)39(49)35(34-54-44-42(52)41(51)40(50)38(33-46)55-44)45-43(53)37(48)32-30-28-26-24-21-14-12-10-8-6-4-2/h12,14,18-19,23,25,35-42,44,46-52H,3-11,13,15-17,20-22,24,26-34H2,1-2H3,(H,45,53)/b14-12-,19-18+,25-23+. The van der Waals surface area contributed by atoms with Crippen LogP contribution in [-0.2, 0) is 14.3 Å². The highest BCUT2D eigenvalue weighted by Crippen LogP contribution is 2.23. The van der Waals surface area contributed by atoms with Crippen molar-refractivity contribution in [2.24, 2.45) is 0 Å². The molecule has 0 saturated carbocycles. The highest BCUT2D eigenvalue weighted by atomic mass is 16.7. The maximum atomic E-state index is 13.0. The molecule has 0 spiro atoms. The minimum atomic E-state index is -1.67. The molecule has 9 atom stereocenters. The summed E-state index contributed by atoms with van der Waals surface area (Å²) in [6, 6.07) is -1.19. The number of carbonyl (C=O) groups is 1. The van der Waals surface area contributed by atoms with Crippen LogP contribution in [0.2, 0.25) is 0 Å². The quantitative estimate of drug-likeness (QED) is 0.0262. The van der Waals surface area contributed by atoms with Gasteiger partial charge in [-0.25, -0.2) is 0 Å². The number of unbranched alkanes of at least 4 members (excludes halogenated alkanes) is 17. The van der Waals surface area contributed by atoms with Gasteiger partial charge in [-0.15, -0.1) is 0 Å². The Morgan fingerprint density at radius 2 is 1.09 bits per heavy atom. The van der Waals surface area contributed by atoms with E-state index in [1.165, 1.54) is 70.6 Å². The molecule has 9 unspecified atom stereocenters. The number of nitrogens with one attached hydrogen (secondary N) is 1. The topological polar surface area (TPSA) is 189 Å². The van der Waals surface area contributed by atoms with E-state index in [9.17, 15) is 40.5 Å². The average Bonchev–Trinajstić information content (AvgIpc) is 3.18. The fourth-order valence-corrected chi connectivity index (χ4v) is 6.68. The second-order valence-corrected chi connectivity index (χ2v) is 15.4. The molecule has 0 bridgehead atoms. The Labute approximate surface area is 333 Å². The van der Waals surface area contributed by atoms with E-state index in [0.717, 1.165) is 51.4 Å². The summed E-state index contributed by atoms with van der Waals surface area (Å²) in [5, 5.41) is 75.4. The molecule has 1 rings (SSSR count). The van der Waals surface area contributed by atoms with Crippen LogP contribution in [0.25, 0.3) is 0 Å². The van der Waals surface area contributed by atoms with Crippen molar-refractivity contribution in [1.29, 1.82) is 0 Å². The Kier molecular flexibility index (Phi) is 32.1. The van der Waals surface area contributed by atoms with E-state index < -0.39 is 74.2 Å². The van der Waals surface area contributed by atoms with Crippen LogP contribution in [0.3, 0.4) is 0 Å². The summed E-state index contributed by atoms with van der Waals surface area (Å²) >= 11 is 0. The Balaban J connectivity index is 2.54. The van der Waals surface area contributed by atoms with Crippen molar-refractivity contribution in [2.75, 3.05) is 13.2 Å². The van der Waals surface area contributed by atoms with Gasteiger partial charge in [0.1, 0.15) is 36.6 Å². The highest BCUT2D eigenvalue weighted by Gasteiger charge is 2.44. The number of amides is 1. The molecule has 8 N–H and O–H groups in total. The number of carbonyl (C=O) groups excluding carboxylic acids is 1. The zero-order valence-electron chi connectivity index (χ0n) is 34.4. The summed E-state index contributed by atoms with van der Waals surface area (Å²) in [6.07, 6.45) is 26.3. The molecular formula is C44H81NO10. The zero-order valence-corrected chi connectivity index (χ0v) is 34.4. The van der Waals surface area contributed by atoms with E-state index in [0.29, 0.717) is 19.3 Å². The molecule has 1 aliphatic rings. The van der Waals surface area contributed by atoms with Crippen molar-refractivity contribution in [3.8, 4) is 0 Å². The molecule has 11 heteroatoms. The SMILES string of the molecule is CCCCC/C=C\CCCCCCC(O)C(=O)NC(COC1OC(CO)C(O)C(O)C1O)C(O)C(O)CCC/C=C/CC/C=C/CCCCCCCCCC. The van der Waals surface area contributed by atoms with Crippen molar-refractivity contribution < 1.29 is 50.0 Å². The maximum absolute atomic E-state index is 13.0. The average molecular weight is 784 g/mol. The molecule has 1 heterocycles. The molecule has 0 aliphatic carbocycles. The minimum absolute atomic E-state index is 0.235. The van der Waals surface area contributed by atoms with Gasteiger partial charge in [-0.1, -0.05) is 127 Å². The van der Waals surface area contributed by atoms with Crippen molar-refractivity contribution in [3.05, 3.63) is 36.5 Å². The van der Waals surface area contributed by atoms with Crippen LogP contribution in [0.1, 0.15) is 168 Å². The van der Waals surface area contributed by atoms with Crippen molar-refractivity contribution in [2.45, 2.75) is 223 Å². The van der Waals surface area contributed by atoms with Gasteiger partial charge in [0.05, 0.1) is 25.4 Å². The Morgan fingerprint density at radius 1 is 0.618 bits per heavy atom. The first-order chi connectivity index (χ1) is 26.7. The first kappa shape index (κ1) is 51.3. The molecule has 0 aromatic heterocycles. The first-order valence-electron chi connectivity index (χ1n) is 21.9. The summed E-state index contributed by atoms with van der Waals surface area (Å²) < 4.78 is 11.0. The van der Waals surface area contributed by atoms with Crippen molar-refractivity contribution >= 4 is 5.91 Å². The van der Waals surface area contributed by atoms with Crippen LogP contribution in [0.5, 0.6) is 0 Å². The van der Waals surface area contributed by atoms with E-state index in [2.05, 4.69) is 55.6 Å². The molecule has 322 valence electrons. The lowest BCUT2D eigenvalue weighted by Gasteiger charge is -2.40. The fraction of sp³-hybridized carbons (Fsp3) is 0.841. The van der Waals surface area contributed by atoms with Gasteiger partial charge in [-0.2, -0.15) is 0 Å². The molecule has 1 aliphatic heterocycles. The highest BCUT2D eigenvalue weighted by molar-refractivity contribution is 5.80. The second-order valence-electron chi connectivity index (χ2n) is 15.4. The van der Waals surface area contributed by atoms with Crippen LogP contribution >= 0.6 is 0 Å². The number of aliphatic hydroxyl groups is 7. The maximum Gasteiger partial charge on any atom is 0.249 e. The van der Waals surface area contributed by atoms with Crippen LogP contribution < -0.4 is 5.32 Å². The third-order valence-corrected chi connectivity index (χ3v) is 10.4. The van der Waals surface area contributed by atoms with Gasteiger partial charge in [0.25, 0.3) is 0 Å². The molecule has 55 heavy (non-hydrogen) atoms. The Morgan fingerprint density at radius 3 is 1.65 bits per heavy atom. The van der Waals surface area contributed by atoms with E-state index in [1.54, 1.807) is 0 Å². The lowest BCUT2D eigenvalue weighted by atomic mass is 9.98. The molecule has 1 fully saturated rings. The molecule has 0 radical (unpaired) electrons. The number of allylic oxidation sites excluding steroid dienone is 6. The van der Waals surface area contributed by atoms with Crippen LogP contribution in [0, 0.1) is 0 Å². The second kappa shape index (κ2) is 34.4. The molecule has 1 amide bonds. The van der Waals surface area contributed by atoms with Gasteiger partial charge in [-0.05, 0) is 77.0 Å². The summed E-state index contributed by atoms with van der Waals surface area (Å²) in [7, 11) is 0. The number of rotatable bonds is 35. The zero-order chi connectivity index (χ0) is 40.5. The Bertz CT molecular complexity index is 992. The summed E-state index contributed by atoms with van der Waals surface area (Å²) in [4.78, 5) is 13.0. The van der Waals surface area contributed by atoms with Gasteiger partial charge in [0.15, 0.2) is 6.29 Å². The monoisotopic (exact) mass is 784 g/mol. The molecular weight excluding hydrogens is 702 g/mol. The van der Waals surface area contributed by atoms with Crippen LogP contribution in [0.15, 0.2) is 36.5 Å². The summed E-state index contributed by atoms with van der Waals surface area (Å²) in [5.41, 5.74) is 0. The number of hydrogen-bond acceptors (Lipinski definition) is 10. The van der Waals surface area contributed by atoms with Gasteiger partial charge >= 0.3 is 0 Å². The summed E-state index contributed by atoms with van der Waals surface area (Å²) in [6.45, 7) is 3.35. The predicted octanol–water partition coefficient (Wildman–Crippen LogP) is 6.44. The van der Waals surface area contributed by atoms with E-state index in [1.807, 2.05) is 0 Å². The van der Waals surface area contributed by atoms with Crippen LogP contribution in [-0.4, -0.2) is 110 Å². The Hall–Kier alpha value is -1.67. The summed E-state index contributed by atoms with van der Waals surface area (Å²) in [5.74, 6) is -0.724. The molecule has 11 nitrogen and oxygen atoms in total. The third kappa shape index (κ3) is 24.7. The van der Waals surface area contributed by atoms with Crippen molar-refractivity contribution in [1.82, 2.24) is 5.32 Å². The van der Waals surface area contributed by atoms with Crippen LogP contribution in [0.4, 0.5) is 0 Å². The number of hydrogen-bond donors (Lipinski definition) is 8. The van der Waals surface area contributed by atoms with E-state index >= 15 is 0 Å². The van der Waals surface area contributed by atoms with Gasteiger partial charge in [-0.3, -0.25) is 4.79 Å². The van der Waals surface area contributed by atoms with Gasteiger partial charge < -0.3 is 50.5 Å². The number of aliphatic hydroxyl groups excluding tert-OH is 7. The van der Waals surface area contributed by atoms with E-state index in [4.69, 9.17) is 9.47 Å². The lowest BCUT2D eigenvalue weighted by molar-refractivity contribution is -0.303. The lowest BCUT2D eigenvalue weighted by Crippen LogP contribution is -2.60. The molecule has 0 aromatic carbocycles. The fourth-order valence-electron chi connectivity index (χ4n) is 6.68. The molecule has 0 aromatic rings. The van der Waals surface area contributed by atoms with E-state index in [-0.39, 0.29) is 12.8 Å². The van der Waals surface area contributed by atoms with Crippen molar-refractivity contribution in [3.63, 3.8) is 0 Å². The third-order valence-electron chi connectivity index (χ3n) is 10.4. The minimum Gasteiger partial charge on any atom is -0.394 e. The van der Waals surface area contributed by atoms with Gasteiger partial charge in [0, 0.05) is 0 Å². The van der Waals surface area contributed by atoms with Gasteiger partial charge in [0.2, 0.25) is 5.91 Å². The smallest absolute Gasteiger partial charge is 0.249 e. The molecule has 1 saturated heterocycles. The first-order valence-corrected chi connectivity index (χ1v) is 21.9. The normalized spacial score (nSPS) is 22.8.